The van der Waals surface area contributed by atoms with Crippen molar-refractivity contribution in [3.63, 3.8) is 0 Å². The molecular weight excluding hydrogens is 383 g/mol. The average molecular weight is 409 g/mol. The molecule has 5 nitrogen and oxygen atoms in total. The van der Waals surface area contributed by atoms with Crippen LogP contribution in [0.15, 0.2) is 36.4 Å². The van der Waals surface area contributed by atoms with Crippen molar-refractivity contribution in [2.75, 3.05) is 12.4 Å². The number of benzene rings is 2. The normalized spacial score (nSPS) is 18.7. The van der Waals surface area contributed by atoms with Crippen LogP contribution in [0.4, 0.5) is 10.1 Å². The fraction of sp³-hybridized carbons (Fsp3) is 0.381. The second-order valence-corrected chi connectivity index (χ2v) is 7.01. The van der Waals surface area contributed by atoms with Crippen molar-refractivity contribution in [3.8, 4) is 17.2 Å². The van der Waals surface area contributed by atoms with E-state index in [1.54, 1.807) is 13.2 Å². The summed E-state index contributed by atoms with van der Waals surface area (Å²) in [7, 11) is 1.56. The number of hydrogen-bond acceptors (Lipinski definition) is 4. The maximum atomic E-state index is 13.8. The number of aryl methyl sites for hydroxylation is 1. The Morgan fingerprint density at radius 2 is 1.89 bits per heavy atom. The Hall–Kier alpha value is -2.31. The Bertz CT molecular complexity index is 831. The molecule has 7 heteroatoms. The topological polar surface area (TPSA) is 73.6 Å². The summed E-state index contributed by atoms with van der Waals surface area (Å²) < 4.78 is 25.1. The van der Waals surface area contributed by atoms with Crippen molar-refractivity contribution >= 4 is 24.0 Å². The predicted octanol–water partition coefficient (Wildman–Crippen LogP) is 4.81. The van der Waals surface area contributed by atoms with Gasteiger partial charge in [-0.1, -0.05) is 12.5 Å². The number of amides is 1. The zero-order chi connectivity index (χ0) is 19.4. The number of methoxy groups -OCH3 is 1. The van der Waals surface area contributed by atoms with Crippen LogP contribution in [-0.4, -0.2) is 19.1 Å². The van der Waals surface area contributed by atoms with Gasteiger partial charge in [0.15, 0.2) is 17.2 Å². The summed E-state index contributed by atoms with van der Waals surface area (Å²) in [5.74, 6) is 0.635. The van der Waals surface area contributed by atoms with Gasteiger partial charge < -0.3 is 20.5 Å². The van der Waals surface area contributed by atoms with E-state index in [9.17, 15) is 9.18 Å². The van der Waals surface area contributed by atoms with Crippen molar-refractivity contribution in [2.24, 2.45) is 11.7 Å². The van der Waals surface area contributed by atoms with Crippen molar-refractivity contribution in [1.82, 2.24) is 0 Å². The summed E-state index contributed by atoms with van der Waals surface area (Å²) in [5, 5.41) is 2.81. The minimum absolute atomic E-state index is 0. The minimum atomic E-state index is -0.450. The number of nitrogens with two attached hydrogens (primary N) is 1. The van der Waals surface area contributed by atoms with Crippen LogP contribution in [0.2, 0.25) is 0 Å². The molecule has 152 valence electrons. The average Bonchev–Trinajstić information content (AvgIpc) is 2.65. The van der Waals surface area contributed by atoms with E-state index in [4.69, 9.17) is 15.2 Å². The molecule has 2 aromatic carbocycles. The van der Waals surface area contributed by atoms with Gasteiger partial charge in [-0.25, -0.2) is 4.39 Å². The molecule has 3 N–H and O–H groups in total. The highest BCUT2D eigenvalue weighted by molar-refractivity contribution is 5.94. The maximum Gasteiger partial charge on any atom is 0.227 e. The van der Waals surface area contributed by atoms with Gasteiger partial charge in [0.05, 0.1) is 12.8 Å². The fourth-order valence-electron chi connectivity index (χ4n) is 3.37. The zero-order valence-corrected chi connectivity index (χ0v) is 16.9. The Morgan fingerprint density at radius 1 is 1.14 bits per heavy atom. The van der Waals surface area contributed by atoms with Gasteiger partial charge in [-0.15, -0.1) is 12.4 Å². The van der Waals surface area contributed by atoms with Crippen LogP contribution >= 0.6 is 12.4 Å². The Kier molecular flexibility index (Phi) is 7.66. The standard InChI is InChI=1S/C21H25FN2O3.ClH/c1-13-6-8-19(20(10-13)26-2)27-18-9-7-15(22)12-17(18)24-21(25)14-4-3-5-16(23)11-14;/h6-10,12,14,16H,3-5,11,23H2,1-2H3,(H,24,25);1H. The van der Waals surface area contributed by atoms with Gasteiger partial charge in [0, 0.05) is 18.0 Å². The SMILES string of the molecule is COc1cc(C)ccc1Oc1ccc(F)cc1NC(=O)C1CCCC(N)C1.Cl. The smallest absolute Gasteiger partial charge is 0.227 e. The van der Waals surface area contributed by atoms with Crippen LogP contribution < -0.4 is 20.5 Å². The highest BCUT2D eigenvalue weighted by atomic mass is 35.5. The first-order valence-corrected chi connectivity index (χ1v) is 9.14. The van der Waals surface area contributed by atoms with Gasteiger partial charge in [0.25, 0.3) is 0 Å². The summed E-state index contributed by atoms with van der Waals surface area (Å²) in [5.41, 5.74) is 7.30. The summed E-state index contributed by atoms with van der Waals surface area (Å²) in [6.45, 7) is 1.95. The van der Waals surface area contributed by atoms with Crippen molar-refractivity contribution < 1.29 is 18.7 Å². The first kappa shape index (κ1) is 22.0. The molecule has 3 rings (SSSR count). The Labute approximate surface area is 170 Å². The molecule has 2 aromatic rings. The molecule has 0 heterocycles. The number of carbonyl (C=O) groups excluding carboxylic acids is 1. The molecule has 1 amide bonds. The lowest BCUT2D eigenvalue weighted by molar-refractivity contribution is -0.120. The third-order valence-corrected chi connectivity index (χ3v) is 4.82. The highest BCUT2D eigenvalue weighted by Gasteiger charge is 2.26. The summed E-state index contributed by atoms with van der Waals surface area (Å²) in [6.07, 6.45) is 3.29. The quantitative estimate of drug-likeness (QED) is 0.744. The largest absolute Gasteiger partial charge is 0.493 e. The number of carbonyl (C=O) groups is 1. The minimum Gasteiger partial charge on any atom is -0.493 e. The second-order valence-electron chi connectivity index (χ2n) is 7.01. The number of nitrogens with one attached hydrogen (secondary N) is 1. The number of rotatable bonds is 5. The van der Waals surface area contributed by atoms with Crippen molar-refractivity contribution in [1.29, 1.82) is 0 Å². The predicted molar refractivity (Wildman–Crippen MR) is 110 cm³/mol. The molecule has 0 bridgehead atoms. The fourth-order valence-corrected chi connectivity index (χ4v) is 3.37. The van der Waals surface area contributed by atoms with Crippen LogP contribution in [0.25, 0.3) is 0 Å². The molecule has 0 spiro atoms. The molecule has 1 aliphatic rings. The molecule has 0 aliphatic heterocycles. The van der Waals surface area contributed by atoms with Gasteiger partial charge in [-0.3, -0.25) is 4.79 Å². The molecule has 28 heavy (non-hydrogen) atoms. The van der Waals surface area contributed by atoms with Crippen LogP contribution in [0.5, 0.6) is 17.2 Å². The van der Waals surface area contributed by atoms with Gasteiger partial charge in [-0.05, 0) is 56.0 Å². The molecule has 2 unspecified atom stereocenters. The van der Waals surface area contributed by atoms with Gasteiger partial charge in [-0.2, -0.15) is 0 Å². The molecule has 1 saturated carbocycles. The molecule has 2 atom stereocenters. The van der Waals surface area contributed by atoms with E-state index < -0.39 is 5.82 Å². The van der Waals surface area contributed by atoms with Crippen LogP contribution in [0.1, 0.15) is 31.2 Å². The van der Waals surface area contributed by atoms with Crippen LogP contribution in [0.3, 0.4) is 0 Å². The van der Waals surface area contributed by atoms with E-state index in [0.717, 1.165) is 24.8 Å². The number of halogens is 2. The van der Waals surface area contributed by atoms with Gasteiger partial charge >= 0.3 is 0 Å². The summed E-state index contributed by atoms with van der Waals surface area (Å²) >= 11 is 0. The lowest BCUT2D eigenvalue weighted by Crippen LogP contribution is -2.34. The molecule has 1 fully saturated rings. The van der Waals surface area contributed by atoms with E-state index in [1.165, 1.54) is 18.2 Å². The van der Waals surface area contributed by atoms with Gasteiger partial charge in [0.1, 0.15) is 5.82 Å². The first-order chi connectivity index (χ1) is 13.0. The number of ether oxygens (including phenoxy) is 2. The number of anilines is 1. The molecule has 0 saturated heterocycles. The lowest BCUT2D eigenvalue weighted by Gasteiger charge is -2.26. The summed E-state index contributed by atoms with van der Waals surface area (Å²) in [6, 6.07) is 9.61. The molecule has 0 aromatic heterocycles. The highest BCUT2D eigenvalue weighted by Crippen LogP contribution is 2.36. The van der Waals surface area contributed by atoms with E-state index in [0.29, 0.717) is 29.4 Å². The molecule has 0 radical (unpaired) electrons. The third kappa shape index (κ3) is 5.36. The Morgan fingerprint density at radius 3 is 2.61 bits per heavy atom. The summed E-state index contributed by atoms with van der Waals surface area (Å²) in [4.78, 5) is 12.6. The molecule has 1 aliphatic carbocycles. The number of hydrogen-bond donors (Lipinski definition) is 2. The van der Waals surface area contributed by atoms with Crippen LogP contribution in [-0.2, 0) is 4.79 Å². The third-order valence-electron chi connectivity index (χ3n) is 4.82. The Balaban J connectivity index is 0.00000280. The second kappa shape index (κ2) is 9.75. The van der Waals surface area contributed by atoms with E-state index in [1.807, 2.05) is 19.1 Å². The lowest BCUT2D eigenvalue weighted by atomic mass is 9.85. The maximum absolute atomic E-state index is 13.8. The van der Waals surface area contributed by atoms with Crippen molar-refractivity contribution in [3.05, 3.63) is 47.8 Å². The zero-order valence-electron chi connectivity index (χ0n) is 16.0. The van der Waals surface area contributed by atoms with E-state index in [-0.39, 0.29) is 30.3 Å². The monoisotopic (exact) mass is 408 g/mol. The molecular formula is C21H26ClFN2O3. The van der Waals surface area contributed by atoms with Crippen LogP contribution in [0, 0.1) is 18.7 Å². The van der Waals surface area contributed by atoms with E-state index in [2.05, 4.69) is 5.32 Å². The van der Waals surface area contributed by atoms with Gasteiger partial charge in [0.2, 0.25) is 5.91 Å². The first-order valence-electron chi connectivity index (χ1n) is 9.14. The van der Waals surface area contributed by atoms with Crippen molar-refractivity contribution in [2.45, 2.75) is 38.6 Å². The van der Waals surface area contributed by atoms with E-state index >= 15 is 0 Å².